The van der Waals surface area contributed by atoms with Crippen molar-refractivity contribution in [3.8, 4) is 5.75 Å². The van der Waals surface area contributed by atoms with Crippen LogP contribution in [0.25, 0.3) is 32.8 Å². The molecule has 0 aliphatic carbocycles. The molecule has 0 saturated heterocycles. The Bertz CT molecular complexity index is 1290. The number of rotatable bonds is 1. The summed E-state index contributed by atoms with van der Waals surface area (Å²) in [6.45, 7) is 0. The van der Waals surface area contributed by atoms with Crippen molar-refractivity contribution < 1.29 is 87.8 Å². The Morgan fingerprint density at radius 2 is 1.62 bits per heavy atom. The number of hydrogen-bond donors (Lipinski definition) is 1. The van der Waals surface area contributed by atoms with Gasteiger partial charge < -0.3 is 25.0 Å². The summed E-state index contributed by atoms with van der Waals surface area (Å²) in [5.41, 5.74) is -1.67. The van der Waals surface area contributed by atoms with E-state index in [1.54, 1.807) is 30.3 Å². The van der Waals surface area contributed by atoms with Crippen LogP contribution in [0.3, 0.4) is 0 Å². The minimum atomic E-state index is -5.28. The van der Waals surface area contributed by atoms with Gasteiger partial charge in [0, 0.05) is 72.6 Å². The van der Waals surface area contributed by atoms with Crippen LogP contribution in [-0.4, -0.2) is 32.6 Å². The van der Waals surface area contributed by atoms with Crippen LogP contribution in [0.15, 0.2) is 45.6 Å². The van der Waals surface area contributed by atoms with Crippen LogP contribution >= 0.6 is 0 Å². The van der Waals surface area contributed by atoms with E-state index in [-0.39, 0.29) is 76.8 Å². The minimum Gasteiger partial charge on any atom is -0.506 e. The minimum absolute atomic E-state index is 0. The van der Waals surface area contributed by atoms with Gasteiger partial charge in [-0.05, 0) is 18.2 Å². The number of Topliss-reactive ketones (excluding diaryl/α,β-unsaturated/α-hetero) is 1. The second-order valence-electron chi connectivity index (χ2n) is 5.85. The van der Waals surface area contributed by atoms with Gasteiger partial charge in [0.2, 0.25) is 0 Å². The van der Waals surface area contributed by atoms with Crippen molar-refractivity contribution in [2.45, 2.75) is 6.18 Å². The number of pyridine rings is 1. The maximum absolute atomic E-state index is 12.8. The van der Waals surface area contributed by atoms with Crippen LogP contribution in [0.5, 0.6) is 5.75 Å². The van der Waals surface area contributed by atoms with E-state index in [1.807, 2.05) is 0 Å². The Morgan fingerprint density at radius 3 is 2.24 bits per heavy atom. The van der Waals surface area contributed by atoms with Crippen molar-refractivity contribution in [2.75, 3.05) is 0 Å². The molecule has 0 bridgehead atoms. The maximum atomic E-state index is 12.8. The molecule has 0 fully saturated rings. The fourth-order valence-electron chi connectivity index (χ4n) is 3.15. The third kappa shape index (κ3) is 3.73. The molecule has 0 spiro atoms. The third-order valence-electron chi connectivity index (χ3n) is 4.35. The van der Waals surface area contributed by atoms with E-state index in [0.717, 1.165) is 9.95 Å². The van der Waals surface area contributed by atoms with Crippen molar-refractivity contribution in [1.82, 2.24) is 4.57 Å². The summed E-state index contributed by atoms with van der Waals surface area (Å²) in [5, 5.41) is 11.6. The van der Waals surface area contributed by atoms with Crippen LogP contribution in [0.2, 0.25) is 0 Å². The number of aromatic nitrogens is 1. The average Bonchev–Trinajstić information content (AvgIpc) is 2.97. The molecule has 2 aromatic heterocycles. The Morgan fingerprint density at radius 1 is 1.03 bits per heavy atom. The number of benzene rings is 2. The SMILES string of the molecule is Cn1c(=O)c(C(=O)C(F)(F)F)c(O)c2ccc3c4ccccc4oc3c21.O.O.[Eu]. The number of para-hydroxylation sites is 1. The average molecular weight is 549 g/mol. The first-order valence-electron chi connectivity index (χ1n) is 7.49. The van der Waals surface area contributed by atoms with Gasteiger partial charge >= 0.3 is 6.18 Å². The molecule has 0 aliphatic rings. The van der Waals surface area contributed by atoms with E-state index in [0.29, 0.717) is 11.0 Å². The molecule has 0 saturated carbocycles. The van der Waals surface area contributed by atoms with Gasteiger partial charge in [0.15, 0.2) is 5.58 Å². The number of furan rings is 1. The van der Waals surface area contributed by atoms with Gasteiger partial charge in [0.25, 0.3) is 11.3 Å². The molecular weight excluding hydrogens is 535 g/mol. The molecule has 4 aromatic rings. The predicted molar refractivity (Wildman–Crippen MR) is 95.7 cm³/mol. The number of carbonyl (C=O) groups is 1. The topological polar surface area (TPSA) is 135 Å². The zero-order valence-electron chi connectivity index (χ0n) is 14.6. The zero-order valence-corrected chi connectivity index (χ0v) is 17.0. The van der Waals surface area contributed by atoms with Gasteiger partial charge in [-0.25, -0.2) is 0 Å². The third-order valence-corrected chi connectivity index (χ3v) is 4.35. The van der Waals surface area contributed by atoms with E-state index in [9.17, 15) is 27.9 Å². The summed E-state index contributed by atoms with van der Waals surface area (Å²) in [4.78, 5) is 24.0. The number of aryl methyl sites for hydroxylation is 1. The molecule has 2 aromatic carbocycles. The van der Waals surface area contributed by atoms with E-state index < -0.39 is 28.8 Å². The summed E-state index contributed by atoms with van der Waals surface area (Å²) in [6.07, 6.45) is -5.28. The van der Waals surface area contributed by atoms with Crippen molar-refractivity contribution in [2.24, 2.45) is 7.05 Å². The monoisotopic (exact) mass is 550 g/mol. The van der Waals surface area contributed by atoms with Crippen molar-refractivity contribution >= 4 is 38.6 Å². The molecule has 2 heterocycles. The zero-order chi connectivity index (χ0) is 18.8. The summed E-state index contributed by atoms with van der Waals surface area (Å²) in [6, 6.07) is 9.98. The Hall–Kier alpha value is -1.79. The number of carbonyl (C=O) groups excluding carboxylic acids is 1. The van der Waals surface area contributed by atoms with Crippen LogP contribution in [0, 0.1) is 49.4 Å². The summed E-state index contributed by atoms with van der Waals surface area (Å²) in [7, 11) is 1.23. The smallest absolute Gasteiger partial charge is 0.455 e. The molecule has 4 rings (SSSR count). The summed E-state index contributed by atoms with van der Waals surface area (Å²) in [5.74, 6) is -3.39. The van der Waals surface area contributed by atoms with E-state index >= 15 is 0 Å². The number of nitrogens with zero attached hydrogens (tertiary/aromatic N) is 1. The molecule has 0 atom stereocenters. The van der Waals surface area contributed by atoms with Crippen LogP contribution < -0.4 is 5.56 Å². The molecular formula is C18H14EuF3NO6. The van der Waals surface area contributed by atoms with Crippen molar-refractivity contribution in [3.63, 3.8) is 0 Å². The Labute approximate surface area is 200 Å². The number of fused-ring (bicyclic) bond motifs is 5. The molecule has 0 unspecified atom stereocenters. The standard InChI is InChI=1S/C18H10F3NO4.Eu.2H2O/c1-22-13-10(14(23)12(17(22)25)16(24)18(19,20)21)7-6-9-8-4-2-3-5-11(8)26-15(9)13;;;/h2-7,23H,1H3;;2*1H2. The van der Waals surface area contributed by atoms with Crippen LogP contribution in [0.4, 0.5) is 13.2 Å². The van der Waals surface area contributed by atoms with E-state index in [2.05, 4.69) is 0 Å². The maximum Gasteiger partial charge on any atom is 0.455 e. The van der Waals surface area contributed by atoms with Gasteiger partial charge in [-0.3, -0.25) is 9.59 Å². The number of hydrogen-bond acceptors (Lipinski definition) is 4. The van der Waals surface area contributed by atoms with Crippen LogP contribution in [-0.2, 0) is 7.05 Å². The normalized spacial score (nSPS) is 11.0. The Balaban J connectivity index is 0.00000140. The molecule has 7 nitrogen and oxygen atoms in total. The van der Waals surface area contributed by atoms with E-state index in [4.69, 9.17) is 4.42 Å². The molecule has 29 heavy (non-hydrogen) atoms. The van der Waals surface area contributed by atoms with Crippen molar-refractivity contribution in [1.29, 1.82) is 0 Å². The van der Waals surface area contributed by atoms with Gasteiger partial charge in [-0.1, -0.05) is 18.2 Å². The van der Waals surface area contributed by atoms with Gasteiger partial charge in [-0.2, -0.15) is 13.2 Å². The molecule has 155 valence electrons. The number of alkyl halides is 3. The van der Waals surface area contributed by atoms with E-state index in [1.165, 1.54) is 13.1 Å². The molecule has 0 amide bonds. The second kappa shape index (κ2) is 8.53. The molecule has 11 heteroatoms. The quantitative estimate of drug-likeness (QED) is 0.365. The number of ketones is 1. The van der Waals surface area contributed by atoms with Gasteiger partial charge in [0.1, 0.15) is 16.9 Å². The second-order valence-corrected chi connectivity index (χ2v) is 5.85. The number of aromatic hydroxyl groups is 1. The molecule has 5 N–H and O–H groups in total. The summed E-state index contributed by atoms with van der Waals surface area (Å²) < 4.78 is 45.0. The van der Waals surface area contributed by atoms with Gasteiger partial charge in [-0.15, -0.1) is 0 Å². The first-order chi connectivity index (χ1) is 12.2. The first-order valence-corrected chi connectivity index (χ1v) is 7.49. The molecule has 1 radical (unpaired) electrons. The predicted octanol–water partition coefficient (Wildman–Crippen LogP) is 2.24. The fourth-order valence-corrected chi connectivity index (χ4v) is 3.15. The summed E-state index contributed by atoms with van der Waals surface area (Å²) >= 11 is 0. The first kappa shape index (κ1) is 25.3. The van der Waals surface area contributed by atoms with Crippen molar-refractivity contribution in [3.05, 3.63) is 52.3 Å². The molecule has 0 aliphatic heterocycles. The Kier molecular flexibility index (Phi) is 7.42. The fraction of sp³-hybridized carbons (Fsp3) is 0.111. The number of halogens is 3. The van der Waals surface area contributed by atoms with Gasteiger partial charge in [0.05, 0.1) is 5.52 Å². The van der Waals surface area contributed by atoms with Crippen LogP contribution in [0.1, 0.15) is 10.4 Å². The largest absolute Gasteiger partial charge is 0.506 e.